The Kier molecular flexibility index (Phi) is 3.10. The zero-order valence-corrected chi connectivity index (χ0v) is 16.5. The predicted octanol–water partition coefficient (Wildman–Crippen LogP) is 6.84. The molecule has 4 bridgehead atoms. The highest BCUT2D eigenvalue weighted by molar-refractivity contribution is 5.79. The number of rotatable bonds is 2. The van der Waals surface area contributed by atoms with E-state index in [9.17, 15) is 0 Å². The molecule has 0 atom stereocenters. The SMILES string of the molecule is C1=CCC(C2(c3cccc4c3Cc3ccccc3-4)C3CC4CC(C3)CC2C4)=C1. The summed E-state index contributed by atoms with van der Waals surface area (Å²) in [7, 11) is 0. The Hall–Kier alpha value is -2.08. The molecule has 2 aromatic carbocycles. The van der Waals surface area contributed by atoms with E-state index in [2.05, 4.69) is 60.7 Å². The molecule has 8 rings (SSSR count). The first kappa shape index (κ1) is 15.8. The average molecular weight is 365 g/mol. The molecule has 0 heterocycles. The van der Waals surface area contributed by atoms with E-state index in [4.69, 9.17) is 0 Å². The fraction of sp³-hybridized carbons (Fsp3) is 0.429. The second-order valence-electron chi connectivity index (χ2n) is 10.2. The Bertz CT molecular complexity index is 1010. The minimum absolute atomic E-state index is 0.310. The van der Waals surface area contributed by atoms with Crippen molar-refractivity contribution in [3.05, 3.63) is 83.0 Å². The summed E-state index contributed by atoms with van der Waals surface area (Å²) in [5.41, 5.74) is 9.95. The van der Waals surface area contributed by atoms with Crippen LogP contribution in [0.5, 0.6) is 0 Å². The molecule has 0 radical (unpaired) electrons. The molecule has 0 aliphatic heterocycles. The molecular weight excluding hydrogens is 336 g/mol. The monoisotopic (exact) mass is 364 g/mol. The van der Waals surface area contributed by atoms with E-state index >= 15 is 0 Å². The molecule has 6 aliphatic carbocycles. The fourth-order valence-electron chi connectivity index (χ4n) is 8.36. The Morgan fingerprint density at radius 2 is 1.50 bits per heavy atom. The first-order valence-corrected chi connectivity index (χ1v) is 11.4. The minimum Gasteiger partial charge on any atom is -0.0804 e. The van der Waals surface area contributed by atoms with Crippen LogP contribution in [-0.4, -0.2) is 0 Å². The van der Waals surface area contributed by atoms with Crippen molar-refractivity contribution in [3.8, 4) is 11.1 Å². The fourth-order valence-corrected chi connectivity index (χ4v) is 8.36. The van der Waals surface area contributed by atoms with Gasteiger partial charge in [-0.25, -0.2) is 0 Å². The lowest BCUT2D eigenvalue weighted by Gasteiger charge is -2.63. The van der Waals surface area contributed by atoms with Crippen LogP contribution in [0.3, 0.4) is 0 Å². The molecule has 0 saturated heterocycles. The summed E-state index contributed by atoms with van der Waals surface area (Å²) in [5.74, 6) is 3.76. The number of hydrogen-bond acceptors (Lipinski definition) is 0. The first-order valence-electron chi connectivity index (χ1n) is 11.4. The van der Waals surface area contributed by atoms with Gasteiger partial charge in [0.05, 0.1) is 0 Å². The maximum atomic E-state index is 2.53. The van der Waals surface area contributed by atoms with Gasteiger partial charge in [0, 0.05) is 5.41 Å². The highest BCUT2D eigenvalue weighted by atomic mass is 14.6. The van der Waals surface area contributed by atoms with Crippen molar-refractivity contribution in [1.29, 1.82) is 0 Å². The van der Waals surface area contributed by atoms with E-state index in [0.717, 1.165) is 30.1 Å². The third-order valence-electron chi connectivity index (χ3n) is 9.03. The number of fused-ring (bicyclic) bond motifs is 3. The van der Waals surface area contributed by atoms with E-state index in [1.165, 1.54) is 55.2 Å². The lowest BCUT2D eigenvalue weighted by Crippen LogP contribution is -2.56. The maximum absolute atomic E-state index is 2.53. The summed E-state index contributed by atoms with van der Waals surface area (Å²) in [6.45, 7) is 0. The lowest BCUT2D eigenvalue weighted by molar-refractivity contribution is -0.0445. The van der Waals surface area contributed by atoms with E-state index in [1.807, 2.05) is 0 Å². The highest BCUT2D eigenvalue weighted by Crippen LogP contribution is 2.67. The van der Waals surface area contributed by atoms with Crippen LogP contribution in [0, 0.1) is 23.7 Å². The second-order valence-corrected chi connectivity index (χ2v) is 10.2. The molecule has 4 fully saturated rings. The Morgan fingerprint density at radius 1 is 0.750 bits per heavy atom. The normalized spacial score (nSPS) is 36.5. The van der Waals surface area contributed by atoms with Gasteiger partial charge in [0.1, 0.15) is 0 Å². The van der Waals surface area contributed by atoms with Crippen LogP contribution >= 0.6 is 0 Å². The Labute approximate surface area is 168 Å². The van der Waals surface area contributed by atoms with E-state index in [-0.39, 0.29) is 0 Å². The van der Waals surface area contributed by atoms with Crippen molar-refractivity contribution in [1.82, 2.24) is 0 Å². The van der Waals surface area contributed by atoms with Crippen LogP contribution in [0.4, 0.5) is 0 Å². The summed E-state index contributed by atoms with van der Waals surface area (Å²) in [6, 6.07) is 16.4. The van der Waals surface area contributed by atoms with E-state index in [1.54, 1.807) is 16.7 Å². The van der Waals surface area contributed by atoms with Crippen molar-refractivity contribution in [2.75, 3.05) is 0 Å². The highest BCUT2D eigenvalue weighted by Gasteiger charge is 2.59. The average Bonchev–Trinajstić information content (AvgIpc) is 3.36. The molecule has 0 spiro atoms. The summed E-state index contributed by atoms with van der Waals surface area (Å²) < 4.78 is 0. The molecule has 28 heavy (non-hydrogen) atoms. The van der Waals surface area contributed by atoms with E-state index < -0.39 is 0 Å². The van der Waals surface area contributed by atoms with Crippen LogP contribution in [0.1, 0.15) is 55.2 Å². The Morgan fingerprint density at radius 3 is 2.25 bits per heavy atom. The van der Waals surface area contributed by atoms with Crippen molar-refractivity contribution >= 4 is 0 Å². The summed E-state index contributed by atoms with van der Waals surface area (Å²) >= 11 is 0. The van der Waals surface area contributed by atoms with Gasteiger partial charge in [-0.2, -0.15) is 0 Å². The van der Waals surface area contributed by atoms with Gasteiger partial charge in [-0.15, -0.1) is 0 Å². The van der Waals surface area contributed by atoms with Crippen LogP contribution in [0.15, 0.2) is 66.3 Å². The number of benzene rings is 2. The van der Waals surface area contributed by atoms with Gasteiger partial charge < -0.3 is 0 Å². The van der Waals surface area contributed by atoms with Crippen LogP contribution < -0.4 is 0 Å². The standard InChI is InChI=1S/C28H28/c1-4-9-24-20(6-1)17-26-25(24)10-5-11-27(26)28(21-7-2-3-8-21)22-13-18-12-19(15-22)16-23(28)14-18/h1-7,9-11,18-19,22-23H,8,12-17H2. The molecule has 0 aromatic heterocycles. The topological polar surface area (TPSA) is 0 Å². The molecule has 0 amide bonds. The third-order valence-corrected chi connectivity index (χ3v) is 9.03. The van der Waals surface area contributed by atoms with Crippen molar-refractivity contribution < 1.29 is 0 Å². The summed E-state index contributed by atoms with van der Waals surface area (Å²) in [5, 5.41) is 0. The zero-order valence-electron chi connectivity index (χ0n) is 16.5. The van der Waals surface area contributed by atoms with Gasteiger partial charge in [-0.05, 0) is 96.4 Å². The first-order chi connectivity index (χ1) is 13.8. The second kappa shape index (κ2) is 5.50. The lowest BCUT2D eigenvalue weighted by atomic mass is 9.41. The van der Waals surface area contributed by atoms with Crippen molar-refractivity contribution in [2.24, 2.45) is 23.7 Å². The molecule has 6 aliphatic rings. The molecule has 4 saturated carbocycles. The quantitative estimate of drug-likeness (QED) is 0.467. The van der Waals surface area contributed by atoms with Gasteiger partial charge in [-0.3, -0.25) is 0 Å². The zero-order chi connectivity index (χ0) is 18.3. The van der Waals surface area contributed by atoms with Crippen molar-refractivity contribution in [2.45, 2.75) is 50.4 Å². The number of hydrogen-bond donors (Lipinski definition) is 0. The van der Waals surface area contributed by atoms with Gasteiger partial charge >= 0.3 is 0 Å². The van der Waals surface area contributed by atoms with Gasteiger partial charge in [0.15, 0.2) is 0 Å². The van der Waals surface area contributed by atoms with Gasteiger partial charge in [0.25, 0.3) is 0 Å². The van der Waals surface area contributed by atoms with E-state index in [0.29, 0.717) is 5.41 Å². The van der Waals surface area contributed by atoms with Crippen LogP contribution in [0.2, 0.25) is 0 Å². The number of allylic oxidation sites excluding steroid dienone is 4. The molecule has 0 heteroatoms. The predicted molar refractivity (Wildman–Crippen MR) is 115 cm³/mol. The minimum atomic E-state index is 0.310. The van der Waals surface area contributed by atoms with Gasteiger partial charge in [0.2, 0.25) is 0 Å². The smallest absolute Gasteiger partial charge is 0.0227 e. The van der Waals surface area contributed by atoms with Gasteiger partial charge in [-0.1, -0.05) is 66.3 Å². The van der Waals surface area contributed by atoms with Crippen LogP contribution in [0.25, 0.3) is 11.1 Å². The maximum Gasteiger partial charge on any atom is 0.0227 e. The molecular formula is C28H28. The summed E-state index contributed by atoms with van der Waals surface area (Å²) in [4.78, 5) is 0. The van der Waals surface area contributed by atoms with Crippen molar-refractivity contribution in [3.63, 3.8) is 0 Å². The summed E-state index contributed by atoms with van der Waals surface area (Å²) in [6.07, 6.45) is 17.0. The molecule has 0 nitrogen and oxygen atoms in total. The van der Waals surface area contributed by atoms with Crippen LogP contribution in [-0.2, 0) is 11.8 Å². The molecule has 2 aromatic rings. The largest absolute Gasteiger partial charge is 0.0804 e. The molecule has 0 unspecified atom stereocenters. The third kappa shape index (κ3) is 1.87. The Balaban J connectivity index is 1.47. The molecule has 140 valence electrons. The molecule has 0 N–H and O–H groups in total.